The minimum absolute atomic E-state index is 0.132. The number of fused-ring (bicyclic) bond motifs is 1. The van der Waals surface area contributed by atoms with Crippen LogP contribution in [0.15, 0.2) is 29.1 Å². The highest BCUT2D eigenvalue weighted by atomic mass is 19.1. The number of amides is 1. The van der Waals surface area contributed by atoms with Crippen LogP contribution in [-0.4, -0.2) is 42.0 Å². The lowest BCUT2D eigenvalue weighted by molar-refractivity contribution is 0.0739. The fourth-order valence-electron chi connectivity index (χ4n) is 3.11. The lowest BCUT2D eigenvalue weighted by Crippen LogP contribution is -2.41. The highest BCUT2D eigenvalue weighted by Crippen LogP contribution is 2.23. The van der Waals surface area contributed by atoms with Gasteiger partial charge >= 0.3 is 0 Å². The molecule has 1 amide bonds. The molecule has 2 N–H and O–H groups in total. The van der Waals surface area contributed by atoms with Gasteiger partial charge in [-0.05, 0) is 38.1 Å². The van der Waals surface area contributed by atoms with Crippen LogP contribution in [0.1, 0.15) is 23.2 Å². The van der Waals surface area contributed by atoms with E-state index in [0.717, 1.165) is 19.4 Å². The molecule has 1 aromatic carbocycles. The maximum absolute atomic E-state index is 13.3. The minimum atomic E-state index is -0.443. The Kier molecular flexibility index (Phi) is 3.94. The summed E-state index contributed by atoms with van der Waals surface area (Å²) < 4.78 is 13.3. The van der Waals surface area contributed by atoms with Gasteiger partial charge in [0.15, 0.2) is 0 Å². The fraction of sp³-hybridized carbons (Fsp3) is 0.375. The number of carbonyl (C=O) groups is 1. The Morgan fingerprint density at radius 1 is 1.45 bits per heavy atom. The molecule has 1 aromatic heterocycles. The standard InChI is InChI=1S/C16H18FN3O2/c1-18-9-11-3-2-6-20(11)16(22)13-8-15(21)19-14-7-10(17)4-5-12(13)14/h4-5,7-8,11,18H,2-3,6,9H2,1H3,(H,19,21)/t11-/m1/s1. The van der Waals surface area contributed by atoms with Crippen LogP contribution in [0.3, 0.4) is 0 Å². The van der Waals surface area contributed by atoms with Gasteiger partial charge < -0.3 is 15.2 Å². The summed E-state index contributed by atoms with van der Waals surface area (Å²) in [5.41, 5.74) is 0.285. The zero-order chi connectivity index (χ0) is 15.7. The monoisotopic (exact) mass is 303 g/mol. The summed E-state index contributed by atoms with van der Waals surface area (Å²) >= 11 is 0. The molecule has 0 spiro atoms. The van der Waals surface area contributed by atoms with Crippen molar-refractivity contribution in [2.45, 2.75) is 18.9 Å². The number of carbonyl (C=O) groups excluding carboxylic acids is 1. The first-order valence-corrected chi connectivity index (χ1v) is 7.38. The molecular formula is C16H18FN3O2. The van der Waals surface area contributed by atoms with E-state index in [-0.39, 0.29) is 11.9 Å². The molecule has 1 atom stereocenters. The number of nitrogens with zero attached hydrogens (tertiary/aromatic N) is 1. The molecular weight excluding hydrogens is 285 g/mol. The molecule has 2 heterocycles. The molecule has 22 heavy (non-hydrogen) atoms. The number of pyridine rings is 1. The van der Waals surface area contributed by atoms with Gasteiger partial charge in [-0.2, -0.15) is 0 Å². The molecule has 1 aliphatic heterocycles. The second-order valence-corrected chi connectivity index (χ2v) is 5.59. The van der Waals surface area contributed by atoms with E-state index in [4.69, 9.17) is 0 Å². The summed E-state index contributed by atoms with van der Waals surface area (Å²) in [6.07, 6.45) is 1.90. The van der Waals surface area contributed by atoms with Crippen molar-refractivity contribution < 1.29 is 9.18 Å². The number of hydrogen-bond donors (Lipinski definition) is 2. The maximum Gasteiger partial charge on any atom is 0.255 e. The Hall–Kier alpha value is -2.21. The SMILES string of the molecule is CNC[C@H]1CCCN1C(=O)c1cc(=O)[nH]c2cc(F)ccc12. The number of H-pyrrole nitrogens is 1. The van der Waals surface area contributed by atoms with E-state index in [0.29, 0.717) is 23.0 Å². The second-order valence-electron chi connectivity index (χ2n) is 5.59. The number of benzene rings is 1. The van der Waals surface area contributed by atoms with Gasteiger partial charge in [-0.3, -0.25) is 9.59 Å². The zero-order valence-corrected chi connectivity index (χ0v) is 12.4. The van der Waals surface area contributed by atoms with Gasteiger partial charge in [0, 0.05) is 30.6 Å². The summed E-state index contributed by atoms with van der Waals surface area (Å²) in [6.45, 7) is 1.40. The molecule has 0 aliphatic carbocycles. The maximum atomic E-state index is 13.3. The van der Waals surface area contributed by atoms with Gasteiger partial charge in [-0.1, -0.05) is 0 Å². The van der Waals surface area contributed by atoms with E-state index in [1.54, 1.807) is 4.90 Å². The molecule has 0 bridgehead atoms. The number of rotatable bonds is 3. The summed E-state index contributed by atoms with van der Waals surface area (Å²) in [7, 11) is 1.85. The first-order valence-electron chi connectivity index (χ1n) is 7.38. The topological polar surface area (TPSA) is 65.2 Å². The first-order chi connectivity index (χ1) is 10.6. The quantitative estimate of drug-likeness (QED) is 0.903. The van der Waals surface area contributed by atoms with Crippen LogP contribution in [0.2, 0.25) is 0 Å². The van der Waals surface area contributed by atoms with Crippen molar-refractivity contribution in [1.82, 2.24) is 15.2 Å². The summed E-state index contributed by atoms with van der Waals surface area (Å²) in [6, 6.07) is 5.51. The van der Waals surface area contributed by atoms with Crippen LogP contribution in [0, 0.1) is 5.82 Å². The van der Waals surface area contributed by atoms with Gasteiger partial charge in [0.25, 0.3) is 5.91 Å². The molecule has 0 unspecified atom stereocenters. The number of aromatic amines is 1. The highest BCUT2D eigenvalue weighted by molar-refractivity contribution is 6.06. The van der Waals surface area contributed by atoms with Crippen molar-refractivity contribution in [1.29, 1.82) is 0 Å². The molecule has 1 fully saturated rings. The predicted octanol–water partition coefficient (Wildman–Crippen LogP) is 1.49. The third-order valence-corrected chi connectivity index (χ3v) is 4.11. The molecule has 5 nitrogen and oxygen atoms in total. The van der Waals surface area contributed by atoms with Crippen molar-refractivity contribution in [3.05, 3.63) is 46.0 Å². The molecule has 0 saturated carbocycles. The summed E-state index contributed by atoms with van der Waals surface area (Å²) in [4.78, 5) is 29.0. The number of aromatic nitrogens is 1. The van der Waals surface area contributed by atoms with E-state index in [9.17, 15) is 14.0 Å². The number of likely N-dealkylation sites (tertiary alicyclic amines) is 1. The molecule has 0 radical (unpaired) electrons. The fourth-order valence-corrected chi connectivity index (χ4v) is 3.11. The predicted molar refractivity (Wildman–Crippen MR) is 82.5 cm³/mol. The molecule has 2 aromatic rings. The average Bonchev–Trinajstić information content (AvgIpc) is 2.94. The summed E-state index contributed by atoms with van der Waals surface area (Å²) in [5, 5.41) is 3.66. The van der Waals surface area contributed by atoms with Crippen LogP contribution in [-0.2, 0) is 0 Å². The minimum Gasteiger partial charge on any atom is -0.334 e. The van der Waals surface area contributed by atoms with Gasteiger partial charge in [-0.25, -0.2) is 4.39 Å². The van der Waals surface area contributed by atoms with E-state index in [2.05, 4.69) is 10.3 Å². The lowest BCUT2D eigenvalue weighted by atomic mass is 10.1. The van der Waals surface area contributed by atoms with Crippen LogP contribution in [0.5, 0.6) is 0 Å². The lowest BCUT2D eigenvalue weighted by Gasteiger charge is -2.25. The Morgan fingerprint density at radius 2 is 2.27 bits per heavy atom. The van der Waals surface area contributed by atoms with Crippen molar-refractivity contribution >= 4 is 16.8 Å². The van der Waals surface area contributed by atoms with E-state index in [1.165, 1.54) is 24.3 Å². The summed E-state index contributed by atoms with van der Waals surface area (Å²) in [5.74, 6) is -0.609. The zero-order valence-electron chi connectivity index (χ0n) is 12.4. The van der Waals surface area contributed by atoms with Crippen molar-refractivity contribution in [3.8, 4) is 0 Å². The third-order valence-electron chi connectivity index (χ3n) is 4.11. The van der Waals surface area contributed by atoms with Crippen LogP contribution in [0.4, 0.5) is 4.39 Å². The van der Waals surface area contributed by atoms with E-state index < -0.39 is 11.4 Å². The van der Waals surface area contributed by atoms with Gasteiger partial charge in [0.2, 0.25) is 5.56 Å². The molecule has 1 saturated heterocycles. The largest absolute Gasteiger partial charge is 0.334 e. The smallest absolute Gasteiger partial charge is 0.255 e. The van der Waals surface area contributed by atoms with Crippen LogP contribution < -0.4 is 10.9 Å². The first kappa shape index (κ1) is 14.7. The highest BCUT2D eigenvalue weighted by Gasteiger charge is 2.29. The molecule has 1 aliphatic rings. The van der Waals surface area contributed by atoms with Crippen molar-refractivity contribution in [3.63, 3.8) is 0 Å². The second kappa shape index (κ2) is 5.88. The van der Waals surface area contributed by atoms with Crippen molar-refractivity contribution in [2.24, 2.45) is 0 Å². The number of hydrogen-bond acceptors (Lipinski definition) is 3. The Bertz CT molecular complexity index is 772. The molecule has 3 rings (SSSR count). The van der Waals surface area contributed by atoms with E-state index >= 15 is 0 Å². The van der Waals surface area contributed by atoms with Crippen molar-refractivity contribution in [2.75, 3.05) is 20.1 Å². The third kappa shape index (κ3) is 2.62. The number of halogens is 1. The van der Waals surface area contributed by atoms with Gasteiger partial charge in [0.05, 0.1) is 11.1 Å². The van der Waals surface area contributed by atoms with Gasteiger partial charge in [0.1, 0.15) is 5.82 Å². The molecule has 6 heteroatoms. The number of likely N-dealkylation sites (N-methyl/N-ethyl adjacent to an activating group) is 1. The number of nitrogens with one attached hydrogen (secondary N) is 2. The Labute approximate surface area is 127 Å². The van der Waals surface area contributed by atoms with E-state index in [1.807, 2.05) is 7.05 Å². The van der Waals surface area contributed by atoms with Crippen LogP contribution >= 0.6 is 0 Å². The average molecular weight is 303 g/mol. The Morgan fingerprint density at radius 3 is 3.05 bits per heavy atom. The van der Waals surface area contributed by atoms with Crippen LogP contribution in [0.25, 0.3) is 10.9 Å². The molecule has 116 valence electrons. The normalized spacial score (nSPS) is 18.1. The van der Waals surface area contributed by atoms with Gasteiger partial charge in [-0.15, -0.1) is 0 Å². The Balaban J connectivity index is 2.05.